The second-order valence-electron chi connectivity index (χ2n) is 30.4. The molecule has 6 amide bonds. The number of aromatic hydroxyl groups is 3. The lowest BCUT2D eigenvalue weighted by Gasteiger charge is -2.18. The van der Waals surface area contributed by atoms with Crippen LogP contribution in [0, 0.1) is 0 Å². The van der Waals surface area contributed by atoms with E-state index in [1.807, 2.05) is 54.6 Å². The Morgan fingerprint density at radius 2 is 0.837 bits per heavy atom. The molecule has 6 aromatic heterocycles. The highest BCUT2D eigenvalue weighted by Crippen LogP contribution is 2.52. The summed E-state index contributed by atoms with van der Waals surface area (Å²) < 4.78 is 50.1. The van der Waals surface area contributed by atoms with Crippen LogP contribution in [0.3, 0.4) is 0 Å². The van der Waals surface area contributed by atoms with E-state index in [-0.39, 0.29) is 93.8 Å². The van der Waals surface area contributed by atoms with Gasteiger partial charge in [-0.15, -0.1) is 34.8 Å². The number of hydrogen-bond acceptors (Lipinski definition) is 21. The van der Waals surface area contributed by atoms with Crippen molar-refractivity contribution in [2.24, 2.45) is 0 Å². The number of rotatable bonds is 27. The van der Waals surface area contributed by atoms with Gasteiger partial charge in [0.15, 0.2) is 0 Å². The molecular weight excluding hydrogens is 1720 g/mol. The molecular formula is C96H87Cl3N12O18. The fraction of sp³-hybridized carbons (Fsp3) is 0.219. The molecule has 33 heteroatoms. The Hall–Kier alpha value is -14.4. The number of amides is 6. The topological polar surface area (TPSA) is 367 Å². The van der Waals surface area contributed by atoms with Crippen LogP contribution < -0.4 is 59.1 Å². The number of imidazole rings is 1. The van der Waals surface area contributed by atoms with E-state index in [0.717, 1.165) is 32.8 Å². The lowest BCUT2D eigenvalue weighted by atomic mass is 9.94. The molecule has 0 radical (unpaired) electrons. The summed E-state index contributed by atoms with van der Waals surface area (Å²) in [7, 11) is 9.52. The summed E-state index contributed by atoms with van der Waals surface area (Å²) in [5, 5.41) is 46.6. The average Bonchev–Trinajstić information content (AvgIpc) is 1.62. The van der Waals surface area contributed by atoms with E-state index in [1.54, 1.807) is 208 Å². The van der Waals surface area contributed by atoms with Gasteiger partial charge in [0.2, 0.25) is 0 Å². The van der Waals surface area contributed by atoms with Crippen LogP contribution in [0.5, 0.6) is 51.7 Å². The molecule has 0 saturated carbocycles. The van der Waals surface area contributed by atoms with E-state index in [1.165, 1.54) is 6.20 Å². The molecule has 8 N–H and O–H groups in total. The number of aromatic nitrogens is 6. The summed E-state index contributed by atoms with van der Waals surface area (Å²) in [6.45, 7) is 3.69. The number of carbonyl (C=O) groups excluding carboxylic acids is 6. The van der Waals surface area contributed by atoms with Crippen molar-refractivity contribution in [3.63, 3.8) is 0 Å². The second-order valence-corrected chi connectivity index (χ2v) is 31.3. The van der Waals surface area contributed by atoms with Crippen LogP contribution in [0.4, 0.5) is 34.3 Å². The number of anilines is 6. The number of alkyl halides is 3. The molecule has 0 spiro atoms. The van der Waals surface area contributed by atoms with Gasteiger partial charge >= 0.3 is 0 Å². The minimum Gasteiger partial charge on any atom is -0.507 e. The fourth-order valence-corrected chi connectivity index (χ4v) is 17.1. The Morgan fingerprint density at radius 3 is 1.26 bits per heavy atom. The zero-order valence-electron chi connectivity index (χ0n) is 70.6. The highest BCUT2D eigenvalue weighted by molar-refractivity contribution is 6.22. The zero-order valence-corrected chi connectivity index (χ0v) is 72.8. The summed E-state index contributed by atoms with van der Waals surface area (Å²) in [5.41, 5.74) is 9.25. The number of hydrogen-bond donors (Lipinski definition) is 8. The van der Waals surface area contributed by atoms with Gasteiger partial charge in [0, 0.05) is 167 Å². The van der Waals surface area contributed by atoms with Crippen molar-refractivity contribution >= 4 is 164 Å². The Labute approximate surface area is 753 Å². The molecule has 3 aliphatic rings. The summed E-state index contributed by atoms with van der Waals surface area (Å²) in [6, 6.07) is 51.9. The first kappa shape index (κ1) is 88.1. The van der Waals surface area contributed by atoms with Gasteiger partial charge < -0.3 is 103 Å². The van der Waals surface area contributed by atoms with Gasteiger partial charge in [-0.3, -0.25) is 28.8 Å². The lowest BCUT2D eigenvalue weighted by Crippen LogP contribution is -2.30. The van der Waals surface area contributed by atoms with Gasteiger partial charge in [0.25, 0.3) is 35.4 Å². The molecule has 18 rings (SSSR count). The van der Waals surface area contributed by atoms with Crippen LogP contribution >= 0.6 is 34.8 Å². The smallest absolute Gasteiger partial charge is 0.278 e. The number of halogens is 3. The summed E-state index contributed by atoms with van der Waals surface area (Å²) in [4.78, 5) is 104. The van der Waals surface area contributed by atoms with Crippen molar-refractivity contribution in [2.45, 2.75) is 17.8 Å². The fourth-order valence-electron chi connectivity index (χ4n) is 16.4. The predicted octanol–water partition coefficient (Wildman–Crippen LogP) is 16.8. The third-order valence-corrected chi connectivity index (χ3v) is 23.6. The molecule has 30 nitrogen and oxygen atoms in total. The molecule has 0 aliphatic carbocycles. The molecule has 9 aromatic carbocycles. The van der Waals surface area contributed by atoms with Crippen molar-refractivity contribution < 1.29 is 86.7 Å². The van der Waals surface area contributed by atoms with Gasteiger partial charge in [-0.2, -0.15) is 0 Å². The van der Waals surface area contributed by atoms with Crippen molar-refractivity contribution in [1.82, 2.24) is 29.3 Å². The Bertz CT molecular complexity index is 6150. The van der Waals surface area contributed by atoms with E-state index in [0.29, 0.717) is 200 Å². The summed E-state index contributed by atoms with van der Waals surface area (Å²) >= 11 is 19.2. The van der Waals surface area contributed by atoms with Crippen molar-refractivity contribution in [1.29, 1.82) is 0 Å². The highest BCUT2D eigenvalue weighted by Gasteiger charge is 2.40. The number of carbonyl (C=O) groups is 6. The maximum atomic E-state index is 13.8. The average molecular weight is 1800 g/mol. The monoisotopic (exact) mass is 1800 g/mol. The molecule has 0 fully saturated rings. The Kier molecular flexibility index (Phi) is 26.5. The number of phenolic OH excluding ortho intramolecular Hbond substituents is 3. The van der Waals surface area contributed by atoms with Gasteiger partial charge in [0.05, 0.1) is 87.5 Å². The molecule has 129 heavy (non-hydrogen) atoms. The zero-order chi connectivity index (χ0) is 90.3. The van der Waals surface area contributed by atoms with Crippen LogP contribution in [-0.4, -0.2) is 200 Å². The number of nitrogens with zero attached hydrogens (tertiary/aromatic N) is 7. The number of nitrogens with one attached hydrogen (secondary N) is 5. The normalized spacial score (nSPS) is 14.2. The summed E-state index contributed by atoms with van der Waals surface area (Å²) in [5.74, 6) is 2.78. The van der Waals surface area contributed by atoms with E-state index in [9.17, 15) is 44.1 Å². The molecule has 3 atom stereocenters. The number of benzene rings is 9. The van der Waals surface area contributed by atoms with Crippen molar-refractivity contribution in [3.05, 3.63) is 257 Å². The maximum Gasteiger partial charge on any atom is 0.278 e. The molecule has 9 heterocycles. The predicted molar refractivity (Wildman–Crippen MR) is 495 cm³/mol. The molecule has 0 unspecified atom stereocenters. The number of fused-ring (bicyclic) bond motifs is 12. The van der Waals surface area contributed by atoms with Gasteiger partial charge in [0.1, 0.15) is 106 Å². The molecule has 15 aromatic rings. The first-order chi connectivity index (χ1) is 62.7. The van der Waals surface area contributed by atoms with Crippen molar-refractivity contribution in [2.75, 3.05) is 150 Å². The first-order valence-corrected chi connectivity index (χ1v) is 42.5. The third-order valence-electron chi connectivity index (χ3n) is 22.5. The van der Waals surface area contributed by atoms with Crippen LogP contribution in [-0.2, 0) is 14.2 Å². The number of phenols is 3. The van der Waals surface area contributed by atoms with Crippen LogP contribution in [0.25, 0.3) is 59.9 Å². The number of ether oxygens (including phenoxy) is 9. The second kappa shape index (κ2) is 38.8. The molecule has 0 bridgehead atoms. The van der Waals surface area contributed by atoms with Gasteiger partial charge in [-0.05, 0) is 144 Å². The van der Waals surface area contributed by atoms with E-state index in [4.69, 9.17) is 77.4 Å². The third kappa shape index (κ3) is 18.1. The molecule has 0 saturated heterocycles. The van der Waals surface area contributed by atoms with Crippen molar-refractivity contribution in [3.8, 4) is 51.7 Å². The molecule has 660 valence electrons. The van der Waals surface area contributed by atoms with E-state index >= 15 is 0 Å². The number of methoxy groups -OCH3 is 6. The number of aromatic amines is 2. The standard InChI is InChI=1S/3C32H29ClN4O6/c1-41-12-13-43-22-9-6-19(7-10-22)31(39)34-21-8-11-28-35-24(18-36(28)17-21)32(40)37-16-20(15-33)29-25(37)14-26(38)23-4-3-5-27(42-2)30(23)29;1-41-10-11-43-22-8-6-18(7-9-22)31(39)35-21-12-19-13-24(36-30(19)34-16-21)32(40)37-17-20(15-33)28-25(37)14-26(38)23-4-3-5-27(42-2)29(23)28;1-41-10-11-43-21-8-6-18(7-9-21)31(39)36-28-13-19-12-23(35-24(19)16-34-28)32(40)37-17-20(15-33)29-25(37)14-26(38)22-4-3-5-27(42-2)30(22)29/h3-11,14,17-18,20,38H,12-13,15-16H2,1-2H3,(H,34,39);3-9,12-14,16,20,38H,10-11,15,17H2,1-2H3,(H,34,36)(H,35,39);3-9,12-14,16,20,35,38H,10-11,15,17H2,1-2H3,(H,34,36,39)/t3*20-/m111/s1. The first-order valence-electron chi connectivity index (χ1n) is 40.9. The Balaban J connectivity index is 0.000000142. The molecule has 3 aliphatic heterocycles. The minimum atomic E-state index is -0.329. The number of H-pyrrole nitrogens is 2. The van der Waals surface area contributed by atoms with Crippen LogP contribution in [0.2, 0.25) is 0 Å². The number of pyridine rings is 3. The van der Waals surface area contributed by atoms with Crippen LogP contribution in [0.1, 0.15) is 97.0 Å². The SMILES string of the molecule is COCCOc1ccc(C(=O)Nc2cc3cc(C(=O)N4C[C@@H](CCl)c5c4cc(O)c4cccc(OC)c54)[nH]c3cn2)cc1.COCCOc1ccc(C(=O)Nc2ccc3nc(C(=O)N4C[C@@H](CCl)c5c4cc(O)c4cccc(OC)c54)cn3c2)cc1.COCCOc1ccc(C(=O)Nc2cnc3[nH]c(C(=O)N4C[C@@H](CCl)c5c4cc(O)c4cccc(OC)c54)cc3c2)cc1. The largest absolute Gasteiger partial charge is 0.507 e. The quantitative estimate of drug-likeness (QED) is 0.0175. The summed E-state index contributed by atoms with van der Waals surface area (Å²) in [6.07, 6.45) is 6.41. The van der Waals surface area contributed by atoms with Crippen LogP contribution in [0.15, 0.2) is 207 Å². The Morgan fingerprint density at radius 1 is 0.426 bits per heavy atom. The van der Waals surface area contributed by atoms with E-state index in [2.05, 4.69) is 40.9 Å². The maximum absolute atomic E-state index is 13.8. The minimum absolute atomic E-state index is 0.0457. The highest BCUT2D eigenvalue weighted by atomic mass is 35.5. The lowest BCUT2D eigenvalue weighted by molar-refractivity contribution is 0.0976. The van der Waals surface area contributed by atoms with Gasteiger partial charge in [-0.25, -0.2) is 15.0 Å². The van der Waals surface area contributed by atoms with E-state index < -0.39 is 0 Å². The van der Waals surface area contributed by atoms with Gasteiger partial charge in [-0.1, -0.05) is 36.4 Å².